The van der Waals surface area contributed by atoms with Gasteiger partial charge >= 0.3 is 0 Å². The van der Waals surface area contributed by atoms with Gasteiger partial charge in [-0.15, -0.1) is 0 Å². The number of hydrogen-bond donors (Lipinski definition) is 2. The molecule has 130 valence electrons. The summed E-state index contributed by atoms with van der Waals surface area (Å²) in [5.74, 6) is -0.790. The Kier molecular flexibility index (Phi) is 4.95. The van der Waals surface area contributed by atoms with Gasteiger partial charge in [0.15, 0.2) is 17.3 Å². The first-order valence-corrected chi connectivity index (χ1v) is 7.62. The van der Waals surface area contributed by atoms with Crippen molar-refractivity contribution in [3.63, 3.8) is 0 Å². The lowest BCUT2D eigenvalue weighted by Gasteiger charge is -2.07. The molecule has 0 spiro atoms. The normalized spacial score (nSPS) is 10.8. The first-order valence-electron chi connectivity index (χ1n) is 7.62. The highest BCUT2D eigenvalue weighted by Gasteiger charge is 2.08. The van der Waals surface area contributed by atoms with E-state index in [2.05, 4.69) is 10.4 Å². The van der Waals surface area contributed by atoms with Crippen molar-refractivity contribution in [1.82, 2.24) is 15.1 Å². The Labute approximate surface area is 143 Å². The lowest BCUT2D eigenvalue weighted by molar-refractivity contribution is 0.373. The van der Waals surface area contributed by atoms with Crippen LogP contribution in [0.1, 0.15) is 11.1 Å². The lowest BCUT2D eigenvalue weighted by atomic mass is 10.2. The van der Waals surface area contributed by atoms with E-state index in [0.29, 0.717) is 18.8 Å². The topological polar surface area (TPSA) is 59.3 Å². The van der Waals surface area contributed by atoms with E-state index in [1.165, 1.54) is 23.9 Å². The summed E-state index contributed by atoms with van der Waals surface area (Å²) in [7, 11) is 1.49. The van der Waals surface area contributed by atoms with Crippen LogP contribution in [0.15, 0.2) is 48.8 Å². The second-order valence-electron chi connectivity index (χ2n) is 5.50. The molecular formula is C18H17F2N3O2. The zero-order valence-electron chi connectivity index (χ0n) is 13.5. The average molecular weight is 345 g/mol. The average Bonchev–Trinajstić information content (AvgIpc) is 3.03. The first kappa shape index (κ1) is 16.9. The van der Waals surface area contributed by atoms with E-state index in [9.17, 15) is 13.9 Å². The summed E-state index contributed by atoms with van der Waals surface area (Å²) in [6.45, 7) is 1.04. The molecule has 1 heterocycles. The highest BCUT2D eigenvalue weighted by molar-refractivity contribution is 5.41. The maximum absolute atomic E-state index is 13.8. The number of phenols is 1. The van der Waals surface area contributed by atoms with Gasteiger partial charge in [-0.1, -0.05) is 6.07 Å². The number of rotatable bonds is 6. The summed E-state index contributed by atoms with van der Waals surface area (Å²) in [6.07, 6.45) is 3.29. The van der Waals surface area contributed by atoms with Gasteiger partial charge in [0.05, 0.1) is 13.3 Å². The maximum atomic E-state index is 13.8. The maximum Gasteiger partial charge on any atom is 0.160 e. The molecule has 25 heavy (non-hydrogen) atoms. The molecule has 0 saturated heterocycles. The highest BCUT2D eigenvalue weighted by atomic mass is 19.1. The number of aromatic hydroxyl groups is 1. The fourth-order valence-corrected chi connectivity index (χ4v) is 2.45. The van der Waals surface area contributed by atoms with E-state index < -0.39 is 11.6 Å². The molecule has 0 atom stereocenters. The summed E-state index contributed by atoms with van der Waals surface area (Å²) in [5.41, 5.74) is 1.93. The Morgan fingerprint density at radius 3 is 2.64 bits per heavy atom. The predicted octanol–water partition coefficient (Wildman–Crippen LogP) is 3.15. The largest absolute Gasteiger partial charge is 0.504 e. The number of halogens is 2. The summed E-state index contributed by atoms with van der Waals surface area (Å²) in [6, 6.07) is 8.53. The number of benzene rings is 2. The number of hydrogen-bond acceptors (Lipinski definition) is 4. The van der Waals surface area contributed by atoms with Gasteiger partial charge in [-0.2, -0.15) is 5.10 Å². The van der Waals surface area contributed by atoms with E-state index in [-0.39, 0.29) is 11.4 Å². The summed E-state index contributed by atoms with van der Waals surface area (Å²) >= 11 is 0. The zero-order chi connectivity index (χ0) is 17.8. The van der Waals surface area contributed by atoms with Crippen molar-refractivity contribution in [3.05, 3.63) is 71.6 Å². The van der Waals surface area contributed by atoms with E-state index in [1.54, 1.807) is 24.5 Å². The predicted molar refractivity (Wildman–Crippen MR) is 88.7 cm³/mol. The molecule has 0 aliphatic heterocycles. The fraction of sp³-hybridized carbons (Fsp3) is 0.167. The number of nitrogens with zero attached hydrogens (tertiary/aromatic N) is 2. The molecule has 7 heteroatoms. The molecule has 0 fully saturated rings. The van der Waals surface area contributed by atoms with Gasteiger partial charge in [-0.25, -0.2) is 13.5 Å². The third kappa shape index (κ3) is 3.95. The third-order valence-corrected chi connectivity index (χ3v) is 3.69. The van der Waals surface area contributed by atoms with Crippen LogP contribution >= 0.6 is 0 Å². The van der Waals surface area contributed by atoms with Crippen LogP contribution in [0, 0.1) is 11.6 Å². The minimum absolute atomic E-state index is 0.0846. The monoisotopic (exact) mass is 345 g/mol. The molecule has 0 aliphatic rings. The van der Waals surface area contributed by atoms with E-state index >= 15 is 0 Å². The first-order chi connectivity index (χ1) is 12.1. The van der Waals surface area contributed by atoms with Crippen LogP contribution < -0.4 is 10.1 Å². The van der Waals surface area contributed by atoms with Crippen LogP contribution in [0.25, 0.3) is 5.69 Å². The van der Waals surface area contributed by atoms with Gasteiger partial charge in [0.2, 0.25) is 0 Å². The van der Waals surface area contributed by atoms with E-state index in [4.69, 9.17) is 4.74 Å². The molecule has 0 radical (unpaired) electrons. The second kappa shape index (κ2) is 7.31. The van der Waals surface area contributed by atoms with Gasteiger partial charge in [-0.3, -0.25) is 0 Å². The molecule has 0 unspecified atom stereocenters. The number of phenolic OH excluding ortho intramolecular Hbond substituents is 1. The lowest BCUT2D eigenvalue weighted by Crippen LogP contribution is -2.12. The van der Waals surface area contributed by atoms with E-state index in [0.717, 1.165) is 17.2 Å². The smallest absolute Gasteiger partial charge is 0.160 e. The van der Waals surface area contributed by atoms with Crippen molar-refractivity contribution >= 4 is 0 Å². The second-order valence-corrected chi connectivity index (χ2v) is 5.50. The Bertz CT molecular complexity index is 881. The molecule has 2 N–H and O–H groups in total. The van der Waals surface area contributed by atoms with Crippen LogP contribution in [-0.2, 0) is 13.1 Å². The number of aromatic nitrogens is 2. The molecular weight excluding hydrogens is 328 g/mol. The summed E-state index contributed by atoms with van der Waals surface area (Å²) < 4.78 is 33.1. The highest BCUT2D eigenvalue weighted by Crippen LogP contribution is 2.26. The van der Waals surface area contributed by atoms with Crippen molar-refractivity contribution in [2.45, 2.75) is 13.1 Å². The Morgan fingerprint density at radius 1 is 1.12 bits per heavy atom. The Morgan fingerprint density at radius 2 is 1.92 bits per heavy atom. The minimum atomic E-state index is -0.670. The minimum Gasteiger partial charge on any atom is -0.504 e. The Hall–Kier alpha value is -2.93. The van der Waals surface area contributed by atoms with Crippen LogP contribution in [0.2, 0.25) is 0 Å². The van der Waals surface area contributed by atoms with Crippen molar-refractivity contribution < 1.29 is 18.6 Å². The Balaban J connectivity index is 1.61. The molecule has 0 aliphatic carbocycles. The van der Waals surface area contributed by atoms with Gasteiger partial charge in [0.1, 0.15) is 11.5 Å². The van der Waals surface area contributed by atoms with Crippen molar-refractivity contribution in [3.8, 4) is 17.2 Å². The zero-order valence-corrected chi connectivity index (χ0v) is 13.5. The third-order valence-electron chi connectivity index (χ3n) is 3.69. The standard InChI is InChI=1S/C18H17F2N3O2/c1-25-18-5-2-12(6-17(18)24)8-21-9-13-10-22-23(11-13)16-4-3-14(19)7-15(16)20/h2-7,10-11,21,24H,8-9H2,1H3. The summed E-state index contributed by atoms with van der Waals surface area (Å²) in [5, 5.41) is 17.1. The fourth-order valence-electron chi connectivity index (χ4n) is 2.45. The molecule has 3 aromatic rings. The van der Waals surface area contributed by atoms with Crippen molar-refractivity contribution in [1.29, 1.82) is 0 Å². The molecule has 0 bridgehead atoms. The van der Waals surface area contributed by atoms with Crippen molar-refractivity contribution in [2.24, 2.45) is 0 Å². The number of nitrogens with one attached hydrogen (secondary N) is 1. The SMILES string of the molecule is COc1ccc(CNCc2cnn(-c3ccc(F)cc3F)c2)cc1O. The van der Waals surface area contributed by atoms with Crippen LogP contribution in [0.3, 0.4) is 0 Å². The number of methoxy groups -OCH3 is 1. The molecule has 3 rings (SSSR count). The van der Waals surface area contributed by atoms with Crippen LogP contribution in [-0.4, -0.2) is 22.0 Å². The van der Waals surface area contributed by atoms with Gasteiger partial charge < -0.3 is 15.2 Å². The van der Waals surface area contributed by atoms with Gasteiger partial charge in [0.25, 0.3) is 0 Å². The quantitative estimate of drug-likeness (QED) is 0.721. The van der Waals surface area contributed by atoms with Gasteiger partial charge in [-0.05, 0) is 29.8 Å². The summed E-state index contributed by atoms with van der Waals surface area (Å²) in [4.78, 5) is 0. The van der Waals surface area contributed by atoms with Crippen LogP contribution in [0.5, 0.6) is 11.5 Å². The number of ether oxygens (including phenoxy) is 1. The molecule has 0 amide bonds. The molecule has 0 saturated carbocycles. The van der Waals surface area contributed by atoms with Crippen molar-refractivity contribution in [2.75, 3.05) is 7.11 Å². The van der Waals surface area contributed by atoms with Gasteiger partial charge in [0, 0.05) is 30.9 Å². The van der Waals surface area contributed by atoms with Crippen LogP contribution in [0.4, 0.5) is 8.78 Å². The van der Waals surface area contributed by atoms with E-state index in [1.807, 2.05) is 6.07 Å². The molecule has 1 aromatic heterocycles. The molecule has 5 nitrogen and oxygen atoms in total. The molecule has 2 aromatic carbocycles.